The highest BCUT2D eigenvalue weighted by Crippen LogP contribution is 2.14. The Bertz CT molecular complexity index is 514. The topological polar surface area (TPSA) is 42.2 Å². The number of hydrogen-bond donors (Lipinski definition) is 1. The minimum Gasteiger partial charge on any atom is -0.494 e. The number of rotatable bonds is 0. The minimum absolute atomic E-state index is 0.0105. The van der Waals surface area contributed by atoms with Gasteiger partial charge in [-0.3, -0.25) is 9.36 Å². The van der Waals surface area contributed by atoms with Crippen molar-refractivity contribution in [1.29, 1.82) is 0 Å². The van der Waals surface area contributed by atoms with Gasteiger partial charge in [0, 0.05) is 18.5 Å². The standard InChI is InChI=1S/C10H9NO2/c1-11-9(12)6-7-4-2-3-5-8(7)10(11)13/h2-6,12H,1H3. The first-order chi connectivity index (χ1) is 6.20. The molecule has 2 rings (SSSR count). The second-order valence-electron chi connectivity index (χ2n) is 2.95. The van der Waals surface area contributed by atoms with Crippen molar-refractivity contribution in [2.75, 3.05) is 0 Å². The smallest absolute Gasteiger partial charge is 0.260 e. The van der Waals surface area contributed by atoms with Crippen LogP contribution in [0.4, 0.5) is 0 Å². The predicted octanol–water partition coefficient (Wildman–Crippen LogP) is 1.24. The molecule has 1 aromatic carbocycles. The second kappa shape index (κ2) is 2.62. The van der Waals surface area contributed by atoms with Crippen molar-refractivity contribution >= 4 is 10.8 Å². The molecule has 0 unspecified atom stereocenters. The van der Waals surface area contributed by atoms with Crippen LogP contribution < -0.4 is 5.56 Å². The van der Waals surface area contributed by atoms with E-state index in [2.05, 4.69) is 0 Å². The molecule has 13 heavy (non-hydrogen) atoms. The van der Waals surface area contributed by atoms with Gasteiger partial charge in [0.1, 0.15) is 0 Å². The van der Waals surface area contributed by atoms with E-state index in [0.717, 1.165) is 5.39 Å². The molecule has 3 heteroatoms. The fourth-order valence-electron chi connectivity index (χ4n) is 1.34. The number of pyridine rings is 1. The van der Waals surface area contributed by atoms with Crippen LogP contribution in [0.15, 0.2) is 35.1 Å². The number of hydrogen-bond acceptors (Lipinski definition) is 2. The number of benzene rings is 1. The van der Waals surface area contributed by atoms with Crippen LogP contribution >= 0.6 is 0 Å². The quantitative estimate of drug-likeness (QED) is 0.654. The number of fused-ring (bicyclic) bond motifs is 1. The molecule has 0 aliphatic rings. The summed E-state index contributed by atoms with van der Waals surface area (Å²) in [4.78, 5) is 11.6. The van der Waals surface area contributed by atoms with Crippen LogP contribution in [-0.4, -0.2) is 9.67 Å². The maximum atomic E-state index is 11.6. The molecular formula is C10H9NO2. The van der Waals surface area contributed by atoms with Gasteiger partial charge < -0.3 is 5.11 Å². The number of aromatic hydroxyl groups is 1. The van der Waals surface area contributed by atoms with Gasteiger partial charge in [-0.25, -0.2) is 0 Å². The summed E-state index contributed by atoms with van der Waals surface area (Å²) in [7, 11) is 1.55. The summed E-state index contributed by atoms with van der Waals surface area (Å²) in [6, 6.07) is 8.77. The van der Waals surface area contributed by atoms with E-state index in [4.69, 9.17) is 0 Å². The third-order valence-electron chi connectivity index (χ3n) is 2.12. The zero-order valence-electron chi connectivity index (χ0n) is 7.19. The summed E-state index contributed by atoms with van der Waals surface area (Å²) in [6.45, 7) is 0. The lowest BCUT2D eigenvalue weighted by Crippen LogP contribution is -2.15. The van der Waals surface area contributed by atoms with Gasteiger partial charge in [0.15, 0.2) is 5.88 Å². The van der Waals surface area contributed by atoms with E-state index < -0.39 is 0 Å². The summed E-state index contributed by atoms with van der Waals surface area (Å²) < 4.78 is 1.22. The largest absolute Gasteiger partial charge is 0.494 e. The second-order valence-corrected chi connectivity index (χ2v) is 2.95. The molecule has 2 aromatic rings. The normalized spacial score (nSPS) is 10.5. The van der Waals surface area contributed by atoms with Crippen LogP contribution in [0.1, 0.15) is 0 Å². The predicted molar refractivity (Wildman–Crippen MR) is 50.9 cm³/mol. The van der Waals surface area contributed by atoms with Crippen LogP contribution in [0.5, 0.6) is 5.88 Å². The SMILES string of the molecule is Cn1c(O)cc2ccccc2c1=O. The highest BCUT2D eigenvalue weighted by molar-refractivity contribution is 5.82. The average molecular weight is 175 g/mol. The molecule has 0 aliphatic heterocycles. The van der Waals surface area contributed by atoms with Crippen LogP contribution in [-0.2, 0) is 7.05 Å². The fraction of sp³-hybridized carbons (Fsp3) is 0.100. The Balaban J connectivity index is 3.03. The van der Waals surface area contributed by atoms with E-state index >= 15 is 0 Å². The van der Waals surface area contributed by atoms with Gasteiger partial charge in [-0.15, -0.1) is 0 Å². The van der Waals surface area contributed by atoms with E-state index in [1.807, 2.05) is 6.07 Å². The Kier molecular flexibility index (Phi) is 1.59. The average Bonchev–Trinajstić information content (AvgIpc) is 2.15. The first-order valence-corrected chi connectivity index (χ1v) is 3.98. The molecule has 0 radical (unpaired) electrons. The first kappa shape index (κ1) is 7.86. The summed E-state index contributed by atoms with van der Waals surface area (Å²) in [6.07, 6.45) is 0. The molecule has 0 aliphatic carbocycles. The molecule has 0 bridgehead atoms. The van der Waals surface area contributed by atoms with Crippen LogP contribution in [0, 0.1) is 0 Å². The molecule has 3 nitrogen and oxygen atoms in total. The van der Waals surface area contributed by atoms with Crippen molar-refractivity contribution in [2.24, 2.45) is 7.05 Å². The van der Waals surface area contributed by atoms with Crippen LogP contribution in [0.2, 0.25) is 0 Å². The van der Waals surface area contributed by atoms with Crippen LogP contribution in [0.3, 0.4) is 0 Å². The monoisotopic (exact) mass is 175 g/mol. The van der Waals surface area contributed by atoms with E-state index in [-0.39, 0.29) is 11.4 Å². The molecule has 0 atom stereocenters. The van der Waals surface area contributed by atoms with Crippen molar-refractivity contribution in [3.63, 3.8) is 0 Å². The Labute approximate surface area is 74.9 Å². The minimum atomic E-state index is -0.171. The lowest BCUT2D eigenvalue weighted by Gasteiger charge is -2.03. The van der Waals surface area contributed by atoms with E-state index in [1.165, 1.54) is 4.57 Å². The molecule has 0 spiro atoms. The Hall–Kier alpha value is -1.77. The van der Waals surface area contributed by atoms with Gasteiger partial charge in [0.2, 0.25) is 0 Å². The van der Waals surface area contributed by atoms with Gasteiger partial charge in [-0.2, -0.15) is 0 Å². The molecule has 66 valence electrons. The van der Waals surface area contributed by atoms with Crippen molar-refractivity contribution < 1.29 is 5.11 Å². The Morgan fingerprint density at radius 3 is 2.77 bits per heavy atom. The summed E-state index contributed by atoms with van der Waals surface area (Å²) in [5, 5.41) is 10.8. The van der Waals surface area contributed by atoms with Gasteiger partial charge >= 0.3 is 0 Å². The molecule has 1 aromatic heterocycles. The highest BCUT2D eigenvalue weighted by atomic mass is 16.3. The van der Waals surface area contributed by atoms with Gasteiger partial charge in [0.05, 0.1) is 0 Å². The van der Waals surface area contributed by atoms with Gasteiger partial charge in [-0.05, 0) is 11.5 Å². The summed E-state index contributed by atoms with van der Waals surface area (Å²) in [5.41, 5.74) is -0.171. The number of nitrogens with zero attached hydrogens (tertiary/aromatic N) is 1. The highest BCUT2D eigenvalue weighted by Gasteiger charge is 2.02. The molecule has 0 fully saturated rings. The lowest BCUT2D eigenvalue weighted by molar-refractivity contribution is 0.425. The Morgan fingerprint density at radius 2 is 2.00 bits per heavy atom. The maximum Gasteiger partial charge on any atom is 0.260 e. The zero-order chi connectivity index (χ0) is 9.42. The third kappa shape index (κ3) is 1.09. The third-order valence-corrected chi connectivity index (χ3v) is 2.12. The van der Waals surface area contributed by atoms with Crippen molar-refractivity contribution in [2.45, 2.75) is 0 Å². The van der Waals surface area contributed by atoms with Crippen LogP contribution in [0.25, 0.3) is 10.8 Å². The lowest BCUT2D eigenvalue weighted by atomic mass is 10.2. The zero-order valence-corrected chi connectivity index (χ0v) is 7.19. The van der Waals surface area contributed by atoms with Gasteiger partial charge in [-0.1, -0.05) is 18.2 Å². The molecule has 0 saturated heterocycles. The number of aromatic nitrogens is 1. The molecule has 0 amide bonds. The molecule has 1 N–H and O–H groups in total. The van der Waals surface area contributed by atoms with E-state index in [9.17, 15) is 9.90 Å². The molecule has 1 heterocycles. The van der Waals surface area contributed by atoms with Crippen molar-refractivity contribution in [3.05, 3.63) is 40.7 Å². The fourth-order valence-corrected chi connectivity index (χ4v) is 1.34. The molecule has 0 saturated carbocycles. The van der Waals surface area contributed by atoms with Crippen molar-refractivity contribution in [3.8, 4) is 5.88 Å². The van der Waals surface area contributed by atoms with Gasteiger partial charge in [0.25, 0.3) is 5.56 Å². The summed E-state index contributed by atoms with van der Waals surface area (Å²) >= 11 is 0. The summed E-state index contributed by atoms with van der Waals surface area (Å²) in [5.74, 6) is -0.0105. The molecular weight excluding hydrogens is 166 g/mol. The van der Waals surface area contributed by atoms with E-state index in [1.54, 1.807) is 31.3 Å². The van der Waals surface area contributed by atoms with E-state index in [0.29, 0.717) is 5.39 Å². The first-order valence-electron chi connectivity index (χ1n) is 3.98. The Morgan fingerprint density at radius 1 is 1.31 bits per heavy atom. The van der Waals surface area contributed by atoms with Crippen molar-refractivity contribution in [1.82, 2.24) is 4.57 Å². The maximum absolute atomic E-state index is 11.6.